The minimum absolute atomic E-state index is 0.00187. The largest absolute Gasteiger partial charge is 0.325 e. The first-order valence-electron chi connectivity index (χ1n) is 6.54. The van der Waals surface area contributed by atoms with Crippen LogP contribution in [0.4, 0.5) is 15.8 Å². The van der Waals surface area contributed by atoms with Gasteiger partial charge in [-0.15, -0.1) is 11.8 Å². The Balaban J connectivity index is 1.99. The summed E-state index contributed by atoms with van der Waals surface area (Å²) in [6, 6.07) is 9.79. The van der Waals surface area contributed by atoms with E-state index in [1.54, 1.807) is 13.0 Å². The molecule has 0 aromatic heterocycles. The summed E-state index contributed by atoms with van der Waals surface area (Å²) in [6.45, 7) is 1.70. The normalized spacial score (nSPS) is 11.8. The Morgan fingerprint density at radius 1 is 1.30 bits per heavy atom. The number of carbonyl (C=O) groups excluding carboxylic acids is 1. The zero-order valence-corrected chi connectivity index (χ0v) is 13.5. The zero-order valence-electron chi connectivity index (χ0n) is 12.0. The van der Waals surface area contributed by atoms with Gasteiger partial charge in [-0.2, -0.15) is 0 Å². The van der Waals surface area contributed by atoms with Crippen molar-refractivity contribution in [2.75, 3.05) is 5.32 Å². The maximum Gasteiger partial charge on any atom is 0.269 e. The van der Waals surface area contributed by atoms with Crippen molar-refractivity contribution in [3.05, 3.63) is 63.4 Å². The maximum absolute atomic E-state index is 13.1. The molecule has 0 aliphatic heterocycles. The van der Waals surface area contributed by atoms with E-state index in [4.69, 9.17) is 11.6 Å². The van der Waals surface area contributed by atoms with E-state index in [2.05, 4.69) is 5.32 Å². The molecule has 0 fully saturated rings. The van der Waals surface area contributed by atoms with E-state index in [9.17, 15) is 19.3 Å². The molecule has 1 amide bonds. The van der Waals surface area contributed by atoms with Crippen LogP contribution < -0.4 is 5.32 Å². The Bertz CT molecular complexity index is 740. The van der Waals surface area contributed by atoms with E-state index in [0.717, 1.165) is 0 Å². The van der Waals surface area contributed by atoms with E-state index < -0.39 is 16.0 Å². The van der Waals surface area contributed by atoms with Gasteiger partial charge in [-0.05, 0) is 37.3 Å². The summed E-state index contributed by atoms with van der Waals surface area (Å²) in [4.78, 5) is 22.8. The second-order valence-corrected chi connectivity index (χ2v) is 6.45. The van der Waals surface area contributed by atoms with Crippen LogP contribution in [0, 0.1) is 15.9 Å². The molecule has 0 radical (unpaired) electrons. The van der Waals surface area contributed by atoms with Gasteiger partial charge in [0.1, 0.15) is 5.82 Å². The number of benzene rings is 2. The van der Waals surface area contributed by atoms with Crippen molar-refractivity contribution in [1.82, 2.24) is 0 Å². The van der Waals surface area contributed by atoms with Crippen LogP contribution in [0.3, 0.4) is 0 Å². The molecule has 8 heteroatoms. The average Bonchev–Trinajstić information content (AvgIpc) is 2.51. The number of hydrogen-bond donors (Lipinski definition) is 1. The molecule has 23 heavy (non-hydrogen) atoms. The highest BCUT2D eigenvalue weighted by Gasteiger charge is 2.16. The van der Waals surface area contributed by atoms with Crippen molar-refractivity contribution in [3.63, 3.8) is 0 Å². The van der Waals surface area contributed by atoms with Gasteiger partial charge in [-0.3, -0.25) is 14.9 Å². The molecular formula is C15H12ClFN2O3S. The number of nitro benzene ring substituents is 1. The molecule has 2 aromatic carbocycles. The first kappa shape index (κ1) is 17.2. The van der Waals surface area contributed by atoms with Crippen molar-refractivity contribution in [2.45, 2.75) is 17.1 Å². The summed E-state index contributed by atoms with van der Waals surface area (Å²) in [6.07, 6.45) is 0. The molecule has 0 saturated carbocycles. The van der Waals surface area contributed by atoms with Gasteiger partial charge < -0.3 is 5.32 Å². The Kier molecular flexibility index (Phi) is 5.57. The average molecular weight is 355 g/mol. The number of nitrogens with one attached hydrogen (secondary N) is 1. The predicted molar refractivity (Wildman–Crippen MR) is 88.5 cm³/mol. The van der Waals surface area contributed by atoms with E-state index in [-0.39, 0.29) is 16.6 Å². The predicted octanol–water partition coefficient (Wildman–Crippen LogP) is 4.51. The lowest BCUT2D eigenvalue weighted by molar-refractivity contribution is -0.384. The fourth-order valence-corrected chi connectivity index (χ4v) is 2.87. The highest BCUT2D eigenvalue weighted by Crippen LogP contribution is 2.28. The fourth-order valence-electron chi connectivity index (χ4n) is 1.72. The second-order valence-electron chi connectivity index (χ2n) is 4.63. The lowest BCUT2D eigenvalue weighted by Crippen LogP contribution is -2.22. The Morgan fingerprint density at radius 2 is 1.96 bits per heavy atom. The van der Waals surface area contributed by atoms with Crippen LogP contribution in [0.1, 0.15) is 6.92 Å². The molecule has 0 bridgehead atoms. The molecule has 0 aliphatic rings. The Hall–Kier alpha value is -2.12. The molecular weight excluding hydrogens is 343 g/mol. The summed E-state index contributed by atoms with van der Waals surface area (Å²) in [5.74, 6) is -0.789. The van der Waals surface area contributed by atoms with Gasteiger partial charge in [0.2, 0.25) is 5.91 Å². The lowest BCUT2D eigenvalue weighted by Gasteiger charge is -2.12. The first-order valence-corrected chi connectivity index (χ1v) is 7.79. The molecule has 1 atom stereocenters. The van der Waals surface area contributed by atoms with Crippen molar-refractivity contribution in [2.24, 2.45) is 0 Å². The van der Waals surface area contributed by atoms with E-state index >= 15 is 0 Å². The first-order chi connectivity index (χ1) is 10.9. The van der Waals surface area contributed by atoms with Crippen molar-refractivity contribution < 1.29 is 14.1 Å². The highest BCUT2D eigenvalue weighted by molar-refractivity contribution is 8.00. The van der Waals surface area contributed by atoms with E-state index in [0.29, 0.717) is 10.6 Å². The van der Waals surface area contributed by atoms with Crippen LogP contribution in [-0.2, 0) is 4.79 Å². The van der Waals surface area contributed by atoms with E-state index in [1.165, 1.54) is 48.2 Å². The number of rotatable bonds is 5. The smallest absolute Gasteiger partial charge is 0.269 e. The quantitative estimate of drug-likeness (QED) is 0.487. The summed E-state index contributed by atoms with van der Waals surface area (Å²) in [5, 5.41) is 12.8. The van der Waals surface area contributed by atoms with Crippen LogP contribution in [0.2, 0.25) is 5.02 Å². The number of non-ortho nitro benzene ring substituents is 1. The molecule has 0 heterocycles. The number of thioether (sulfide) groups is 1. The SMILES string of the molecule is CC(Sc1ccc(F)c(Cl)c1)C(=O)Nc1ccc([N+](=O)[O-])cc1. The molecule has 2 rings (SSSR count). The van der Waals surface area contributed by atoms with Crippen molar-refractivity contribution in [3.8, 4) is 0 Å². The minimum atomic E-state index is -0.515. The number of nitrogens with zero attached hydrogens (tertiary/aromatic N) is 1. The van der Waals surface area contributed by atoms with Crippen LogP contribution >= 0.6 is 23.4 Å². The standard InChI is InChI=1S/C15H12ClFN2O3S/c1-9(23-12-6-7-14(17)13(16)8-12)15(20)18-10-2-4-11(5-3-10)19(21)22/h2-9H,1H3,(H,18,20). The number of halogens is 2. The zero-order chi connectivity index (χ0) is 17.0. The molecule has 1 unspecified atom stereocenters. The van der Waals surface area contributed by atoms with Crippen molar-refractivity contribution in [1.29, 1.82) is 0 Å². The van der Waals surface area contributed by atoms with Gasteiger partial charge in [0.05, 0.1) is 15.2 Å². The molecule has 0 spiro atoms. The number of nitro groups is 1. The number of anilines is 1. The summed E-state index contributed by atoms with van der Waals surface area (Å²) in [7, 11) is 0. The minimum Gasteiger partial charge on any atom is -0.325 e. The third-order valence-electron chi connectivity index (χ3n) is 2.92. The maximum atomic E-state index is 13.1. The third kappa shape index (κ3) is 4.67. The van der Waals surface area contributed by atoms with Gasteiger partial charge in [0, 0.05) is 22.7 Å². The highest BCUT2D eigenvalue weighted by atomic mass is 35.5. The molecule has 120 valence electrons. The van der Waals surface area contributed by atoms with Crippen LogP contribution in [-0.4, -0.2) is 16.1 Å². The van der Waals surface area contributed by atoms with Crippen molar-refractivity contribution >= 4 is 40.6 Å². The van der Waals surface area contributed by atoms with Crippen LogP contribution in [0.25, 0.3) is 0 Å². The number of carbonyl (C=O) groups is 1. The number of hydrogen-bond acceptors (Lipinski definition) is 4. The van der Waals surface area contributed by atoms with Gasteiger partial charge >= 0.3 is 0 Å². The topological polar surface area (TPSA) is 72.2 Å². The molecule has 2 aromatic rings. The Morgan fingerprint density at radius 3 is 2.52 bits per heavy atom. The monoisotopic (exact) mass is 354 g/mol. The van der Waals surface area contributed by atoms with Crippen LogP contribution in [0.15, 0.2) is 47.4 Å². The van der Waals surface area contributed by atoms with Gasteiger partial charge in [0.25, 0.3) is 5.69 Å². The summed E-state index contributed by atoms with van der Waals surface area (Å²) < 4.78 is 13.1. The lowest BCUT2D eigenvalue weighted by atomic mass is 10.3. The molecule has 0 aliphatic carbocycles. The fraction of sp³-hybridized carbons (Fsp3) is 0.133. The van der Waals surface area contributed by atoms with Gasteiger partial charge in [-0.25, -0.2) is 4.39 Å². The Labute approximate surface area is 141 Å². The van der Waals surface area contributed by atoms with Crippen LogP contribution in [0.5, 0.6) is 0 Å². The van der Waals surface area contributed by atoms with Gasteiger partial charge in [0.15, 0.2) is 0 Å². The second kappa shape index (κ2) is 7.43. The third-order valence-corrected chi connectivity index (χ3v) is 4.30. The summed E-state index contributed by atoms with van der Waals surface area (Å²) in [5.41, 5.74) is 0.413. The molecule has 1 N–H and O–H groups in total. The van der Waals surface area contributed by atoms with E-state index in [1.807, 2.05) is 0 Å². The molecule has 5 nitrogen and oxygen atoms in total. The summed E-state index contributed by atoms with van der Waals surface area (Å²) >= 11 is 6.93. The number of amides is 1. The molecule has 0 saturated heterocycles. The van der Waals surface area contributed by atoms with Gasteiger partial charge in [-0.1, -0.05) is 11.6 Å².